The molecule has 3 atom stereocenters. The lowest BCUT2D eigenvalue weighted by Crippen LogP contribution is -2.42. The second kappa shape index (κ2) is 5.94. The van der Waals surface area contributed by atoms with Crippen molar-refractivity contribution < 1.29 is 0 Å². The molecular formula is C15H16ClN3S. The molecule has 3 rings (SSSR count). The van der Waals surface area contributed by atoms with Gasteiger partial charge in [0.1, 0.15) is 0 Å². The van der Waals surface area contributed by atoms with E-state index in [2.05, 4.69) is 28.0 Å². The number of rotatable bonds is 3. The van der Waals surface area contributed by atoms with Gasteiger partial charge in [-0.1, -0.05) is 42.0 Å². The van der Waals surface area contributed by atoms with Gasteiger partial charge in [-0.25, -0.2) is 0 Å². The molecule has 0 saturated heterocycles. The van der Waals surface area contributed by atoms with E-state index in [1.54, 1.807) is 6.21 Å². The van der Waals surface area contributed by atoms with Crippen molar-refractivity contribution in [3.8, 4) is 0 Å². The Morgan fingerprint density at radius 2 is 2.15 bits per heavy atom. The summed E-state index contributed by atoms with van der Waals surface area (Å²) in [6.07, 6.45) is 8.70. The van der Waals surface area contributed by atoms with Crippen LogP contribution >= 0.6 is 23.8 Å². The van der Waals surface area contributed by atoms with Gasteiger partial charge in [-0.2, -0.15) is 5.10 Å². The Morgan fingerprint density at radius 3 is 2.85 bits per heavy atom. The second-order valence-corrected chi connectivity index (χ2v) is 6.07. The Labute approximate surface area is 129 Å². The molecule has 0 aliphatic heterocycles. The fraction of sp³-hybridized carbons (Fsp3) is 0.333. The first kappa shape index (κ1) is 13.6. The van der Waals surface area contributed by atoms with Crippen LogP contribution in [0.2, 0.25) is 5.02 Å². The van der Waals surface area contributed by atoms with Crippen LogP contribution in [0, 0.1) is 11.8 Å². The van der Waals surface area contributed by atoms with Crippen LogP contribution in [0.4, 0.5) is 0 Å². The number of fused-ring (bicyclic) bond motifs is 2. The van der Waals surface area contributed by atoms with Gasteiger partial charge in [-0.05, 0) is 43.0 Å². The summed E-state index contributed by atoms with van der Waals surface area (Å²) in [4.78, 5) is 0. The van der Waals surface area contributed by atoms with Crippen LogP contribution in [0.3, 0.4) is 0 Å². The summed E-state index contributed by atoms with van der Waals surface area (Å²) in [6.45, 7) is 0. The molecule has 20 heavy (non-hydrogen) atoms. The maximum atomic E-state index is 6.04. The highest BCUT2D eigenvalue weighted by atomic mass is 35.5. The molecule has 0 heterocycles. The van der Waals surface area contributed by atoms with Crippen molar-refractivity contribution in [3.63, 3.8) is 0 Å². The highest BCUT2D eigenvalue weighted by molar-refractivity contribution is 7.80. The summed E-state index contributed by atoms with van der Waals surface area (Å²) in [5.74, 6) is 1.35. The molecule has 1 aromatic rings. The molecule has 0 radical (unpaired) electrons. The largest absolute Gasteiger partial charge is 0.358 e. The molecule has 104 valence electrons. The average molecular weight is 306 g/mol. The normalized spacial score (nSPS) is 27.1. The van der Waals surface area contributed by atoms with Gasteiger partial charge in [0.15, 0.2) is 5.11 Å². The van der Waals surface area contributed by atoms with Crippen LogP contribution in [-0.2, 0) is 0 Å². The molecule has 2 aliphatic rings. The van der Waals surface area contributed by atoms with Crippen molar-refractivity contribution in [2.24, 2.45) is 16.9 Å². The van der Waals surface area contributed by atoms with Gasteiger partial charge in [-0.3, -0.25) is 5.43 Å². The van der Waals surface area contributed by atoms with E-state index >= 15 is 0 Å². The van der Waals surface area contributed by atoms with Gasteiger partial charge < -0.3 is 5.32 Å². The topological polar surface area (TPSA) is 36.4 Å². The summed E-state index contributed by atoms with van der Waals surface area (Å²) >= 11 is 11.3. The number of nitrogens with zero attached hydrogens (tertiary/aromatic N) is 1. The number of nitrogens with one attached hydrogen (secondary N) is 2. The summed E-state index contributed by atoms with van der Waals surface area (Å²) in [5, 5.41) is 8.70. The molecule has 2 bridgehead atoms. The van der Waals surface area contributed by atoms with Gasteiger partial charge >= 0.3 is 0 Å². The second-order valence-electron chi connectivity index (χ2n) is 5.25. The molecule has 3 nitrogen and oxygen atoms in total. The van der Waals surface area contributed by atoms with E-state index in [1.165, 1.54) is 6.42 Å². The quantitative estimate of drug-likeness (QED) is 0.390. The Balaban J connectivity index is 1.50. The number of halogens is 1. The average Bonchev–Trinajstić information content (AvgIpc) is 3.03. The molecule has 0 aromatic heterocycles. The lowest BCUT2D eigenvalue weighted by Gasteiger charge is -2.20. The zero-order valence-corrected chi connectivity index (χ0v) is 12.5. The number of hydrazone groups is 1. The maximum absolute atomic E-state index is 6.04. The molecular weight excluding hydrogens is 290 g/mol. The van der Waals surface area contributed by atoms with Gasteiger partial charge in [0.05, 0.1) is 6.21 Å². The fourth-order valence-electron chi connectivity index (χ4n) is 2.89. The van der Waals surface area contributed by atoms with Gasteiger partial charge in [0, 0.05) is 16.6 Å². The van der Waals surface area contributed by atoms with E-state index in [1.807, 2.05) is 24.3 Å². The Morgan fingerprint density at radius 1 is 1.30 bits per heavy atom. The molecule has 1 saturated carbocycles. The van der Waals surface area contributed by atoms with Crippen molar-refractivity contribution in [1.29, 1.82) is 0 Å². The van der Waals surface area contributed by atoms with Gasteiger partial charge in [-0.15, -0.1) is 0 Å². The molecule has 0 spiro atoms. The predicted octanol–water partition coefficient (Wildman–Crippen LogP) is 3.10. The third-order valence-corrected chi connectivity index (χ3v) is 4.42. The zero-order chi connectivity index (χ0) is 13.9. The number of allylic oxidation sites excluding steroid dienone is 1. The lowest BCUT2D eigenvalue weighted by atomic mass is 10.0. The Hall–Kier alpha value is -1.39. The number of hydrogen-bond acceptors (Lipinski definition) is 2. The standard InChI is InChI=1S/C15H16ClN3S/c16-13-4-2-1-3-12(13)9-17-19-15(20)18-14-8-10-5-6-11(14)7-10/h1-6,9-11,14H,7-8H2,(H2,18,19,20). The van der Waals surface area contributed by atoms with Crippen LogP contribution in [0.5, 0.6) is 0 Å². The molecule has 1 fully saturated rings. The van der Waals surface area contributed by atoms with Crippen LogP contribution in [0.1, 0.15) is 18.4 Å². The summed E-state index contributed by atoms with van der Waals surface area (Å²) < 4.78 is 0. The minimum Gasteiger partial charge on any atom is -0.358 e. The molecule has 2 aliphatic carbocycles. The summed E-state index contributed by atoms with van der Waals surface area (Å²) in [5.41, 5.74) is 3.72. The molecule has 1 aromatic carbocycles. The van der Waals surface area contributed by atoms with Crippen LogP contribution in [0.15, 0.2) is 41.5 Å². The van der Waals surface area contributed by atoms with Crippen molar-refractivity contribution >= 4 is 35.1 Å². The van der Waals surface area contributed by atoms with Crippen molar-refractivity contribution in [2.45, 2.75) is 18.9 Å². The first-order chi connectivity index (χ1) is 9.72. The van der Waals surface area contributed by atoms with Crippen LogP contribution < -0.4 is 10.7 Å². The molecule has 3 unspecified atom stereocenters. The smallest absolute Gasteiger partial charge is 0.187 e. The highest BCUT2D eigenvalue weighted by Crippen LogP contribution is 2.38. The summed E-state index contributed by atoms with van der Waals surface area (Å²) in [7, 11) is 0. The Kier molecular flexibility index (Phi) is 4.03. The maximum Gasteiger partial charge on any atom is 0.187 e. The molecule has 5 heteroatoms. The monoisotopic (exact) mass is 305 g/mol. The van der Waals surface area contributed by atoms with E-state index in [0.717, 1.165) is 17.9 Å². The van der Waals surface area contributed by atoms with E-state index in [9.17, 15) is 0 Å². The third kappa shape index (κ3) is 3.02. The molecule has 0 amide bonds. The zero-order valence-electron chi connectivity index (χ0n) is 10.9. The first-order valence-corrected chi connectivity index (χ1v) is 7.53. The van der Waals surface area contributed by atoms with Crippen molar-refractivity contribution in [1.82, 2.24) is 10.7 Å². The fourth-order valence-corrected chi connectivity index (χ4v) is 3.28. The predicted molar refractivity (Wildman–Crippen MR) is 87.1 cm³/mol. The number of benzene rings is 1. The van der Waals surface area contributed by atoms with Gasteiger partial charge in [0.25, 0.3) is 0 Å². The molecule has 2 N–H and O–H groups in total. The number of hydrogen-bond donors (Lipinski definition) is 2. The Bertz CT molecular complexity index is 570. The third-order valence-electron chi connectivity index (χ3n) is 3.87. The first-order valence-electron chi connectivity index (χ1n) is 6.75. The minimum absolute atomic E-state index is 0.445. The highest BCUT2D eigenvalue weighted by Gasteiger charge is 2.35. The van der Waals surface area contributed by atoms with E-state index < -0.39 is 0 Å². The van der Waals surface area contributed by atoms with E-state index in [4.69, 9.17) is 23.8 Å². The summed E-state index contributed by atoms with van der Waals surface area (Å²) in [6, 6.07) is 8.00. The minimum atomic E-state index is 0.445. The van der Waals surface area contributed by atoms with Gasteiger partial charge in [0.2, 0.25) is 0 Å². The SMILES string of the molecule is S=C(NN=Cc1ccccc1Cl)NC1CC2C=CC1C2. The van der Waals surface area contributed by atoms with Crippen molar-refractivity contribution in [3.05, 3.63) is 47.0 Å². The van der Waals surface area contributed by atoms with E-state index in [-0.39, 0.29) is 0 Å². The van der Waals surface area contributed by atoms with Crippen LogP contribution in [0.25, 0.3) is 0 Å². The van der Waals surface area contributed by atoms with Crippen molar-refractivity contribution in [2.75, 3.05) is 0 Å². The van der Waals surface area contributed by atoms with Crippen LogP contribution in [-0.4, -0.2) is 17.4 Å². The van der Waals surface area contributed by atoms with E-state index in [0.29, 0.717) is 22.1 Å². The number of thiocarbonyl (C=S) groups is 1. The lowest BCUT2D eigenvalue weighted by molar-refractivity contribution is 0.521.